The standard InChI is InChI=1S/C14H20N4O3/c1-14(2)7-10(5-6-21-14)17-13(19)11-4-3-9(8-16-11)12(15)18-20/h3-4,8,10,20H,5-7H2,1-2H3,(H2,15,18)(H,17,19). The van der Waals surface area contributed by atoms with Gasteiger partial charge in [0.2, 0.25) is 0 Å². The Bertz CT molecular complexity index is 540. The first-order chi connectivity index (χ1) is 9.91. The molecule has 1 aromatic heterocycles. The Labute approximate surface area is 123 Å². The van der Waals surface area contributed by atoms with Crippen LogP contribution in [-0.4, -0.2) is 40.2 Å². The molecule has 1 fully saturated rings. The number of amidine groups is 1. The monoisotopic (exact) mass is 292 g/mol. The van der Waals surface area contributed by atoms with Crippen LogP contribution in [0.5, 0.6) is 0 Å². The third kappa shape index (κ3) is 3.91. The number of hydrogen-bond acceptors (Lipinski definition) is 5. The van der Waals surface area contributed by atoms with Gasteiger partial charge in [-0.1, -0.05) is 5.16 Å². The van der Waals surface area contributed by atoms with Crippen molar-refractivity contribution in [1.82, 2.24) is 10.3 Å². The lowest BCUT2D eigenvalue weighted by atomic mass is 9.94. The minimum atomic E-state index is -0.233. The molecule has 1 aliphatic rings. The number of hydrogen-bond donors (Lipinski definition) is 3. The van der Waals surface area contributed by atoms with Crippen molar-refractivity contribution in [2.45, 2.75) is 38.3 Å². The fourth-order valence-electron chi connectivity index (χ4n) is 2.35. The molecule has 2 heterocycles. The molecule has 1 aliphatic heterocycles. The van der Waals surface area contributed by atoms with Gasteiger partial charge >= 0.3 is 0 Å². The molecule has 0 aromatic carbocycles. The van der Waals surface area contributed by atoms with E-state index < -0.39 is 0 Å². The topological polar surface area (TPSA) is 110 Å². The minimum absolute atomic E-state index is 0.0411. The highest BCUT2D eigenvalue weighted by atomic mass is 16.5. The third-order valence-electron chi connectivity index (χ3n) is 3.43. The van der Waals surface area contributed by atoms with E-state index in [-0.39, 0.29) is 23.4 Å². The predicted molar refractivity (Wildman–Crippen MR) is 77.3 cm³/mol. The average molecular weight is 292 g/mol. The molecule has 0 aliphatic carbocycles. The largest absolute Gasteiger partial charge is 0.409 e. The number of nitrogens with one attached hydrogen (secondary N) is 1. The smallest absolute Gasteiger partial charge is 0.270 e. The van der Waals surface area contributed by atoms with Gasteiger partial charge in [0.25, 0.3) is 5.91 Å². The lowest BCUT2D eigenvalue weighted by molar-refractivity contribution is -0.0615. The van der Waals surface area contributed by atoms with Crippen molar-refractivity contribution in [3.8, 4) is 0 Å². The molecule has 1 amide bonds. The Hall–Kier alpha value is -2.15. The molecule has 1 atom stereocenters. The highest BCUT2D eigenvalue weighted by Crippen LogP contribution is 2.24. The minimum Gasteiger partial charge on any atom is -0.409 e. The first-order valence-corrected chi connectivity index (χ1v) is 6.80. The van der Waals surface area contributed by atoms with Crippen molar-refractivity contribution in [3.63, 3.8) is 0 Å². The number of nitrogens with two attached hydrogens (primary N) is 1. The summed E-state index contributed by atoms with van der Waals surface area (Å²) in [7, 11) is 0. The second-order valence-electron chi connectivity index (χ2n) is 5.69. The van der Waals surface area contributed by atoms with E-state index in [1.165, 1.54) is 6.20 Å². The van der Waals surface area contributed by atoms with Crippen LogP contribution in [-0.2, 0) is 4.74 Å². The Kier molecular flexibility index (Phi) is 4.42. The van der Waals surface area contributed by atoms with Crippen LogP contribution in [0.15, 0.2) is 23.5 Å². The summed E-state index contributed by atoms with van der Waals surface area (Å²) in [6.45, 7) is 4.65. The molecular formula is C14H20N4O3. The van der Waals surface area contributed by atoms with Gasteiger partial charge in [0.15, 0.2) is 5.84 Å². The van der Waals surface area contributed by atoms with Gasteiger partial charge < -0.3 is 21.0 Å². The zero-order valence-corrected chi connectivity index (χ0v) is 12.2. The van der Waals surface area contributed by atoms with Crippen LogP contribution in [0, 0.1) is 0 Å². The highest BCUT2D eigenvalue weighted by molar-refractivity contribution is 5.98. The zero-order chi connectivity index (χ0) is 15.5. The predicted octanol–water partition coefficient (Wildman–Crippen LogP) is 0.863. The van der Waals surface area contributed by atoms with Gasteiger partial charge in [-0.15, -0.1) is 0 Å². The van der Waals surface area contributed by atoms with Crippen LogP contribution < -0.4 is 11.1 Å². The Morgan fingerprint density at radius 2 is 2.33 bits per heavy atom. The molecule has 1 saturated heterocycles. The molecule has 1 aromatic rings. The van der Waals surface area contributed by atoms with Gasteiger partial charge in [-0.25, -0.2) is 0 Å². The Morgan fingerprint density at radius 3 is 2.90 bits per heavy atom. The number of ether oxygens (including phenoxy) is 1. The number of aromatic nitrogens is 1. The summed E-state index contributed by atoms with van der Waals surface area (Å²) >= 11 is 0. The summed E-state index contributed by atoms with van der Waals surface area (Å²) in [4.78, 5) is 16.2. The maximum absolute atomic E-state index is 12.1. The van der Waals surface area contributed by atoms with Crippen LogP contribution in [0.25, 0.3) is 0 Å². The molecule has 2 rings (SSSR count). The lowest BCUT2D eigenvalue weighted by Gasteiger charge is -2.35. The Morgan fingerprint density at radius 1 is 1.57 bits per heavy atom. The van der Waals surface area contributed by atoms with E-state index in [1.54, 1.807) is 12.1 Å². The van der Waals surface area contributed by atoms with E-state index in [4.69, 9.17) is 15.7 Å². The number of carbonyl (C=O) groups is 1. The van der Waals surface area contributed by atoms with Gasteiger partial charge in [-0.2, -0.15) is 0 Å². The number of carbonyl (C=O) groups excluding carboxylic acids is 1. The number of nitrogens with zero attached hydrogens (tertiary/aromatic N) is 2. The van der Waals surface area contributed by atoms with E-state index in [0.29, 0.717) is 17.9 Å². The maximum Gasteiger partial charge on any atom is 0.270 e. The Balaban J connectivity index is 2.00. The second-order valence-corrected chi connectivity index (χ2v) is 5.69. The van der Waals surface area contributed by atoms with Gasteiger partial charge in [0.05, 0.1) is 5.60 Å². The van der Waals surface area contributed by atoms with Crippen molar-refractivity contribution in [1.29, 1.82) is 0 Å². The van der Waals surface area contributed by atoms with E-state index >= 15 is 0 Å². The van der Waals surface area contributed by atoms with Crippen LogP contribution in [0.1, 0.15) is 42.7 Å². The molecule has 0 radical (unpaired) electrons. The summed E-state index contributed by atoms with van der Waals surface area (Å²) in [6.07, 6.45) is 2.95. The summed E-state index contributed by atoms with van der Waals surface area (Å²) < 4.78 is 5.62. The van der Waals surface area contributed by atoms with E-state index in [1.807, 2.05) is 13.8 Å². The van der Waals surface area contributed by atoms with Crippen molar-refractivity contribution in [2.75, 3.05) is 6.61 Å². The van der Waals surface area contributed by atoms with E-state index in [0.717, 1.165) is 12.8 Å². The average Bonchev–Trinajstić information content (AvgIpc) is 2.45. The first-order valence-electron chi connectivity index (χ1n) is 6.80. The molecule has 7 nitrogen and oxygen atoms in total. The van der Waals surface area contributed by atoms with E-state index in [2.05, 4.69) is 15.5 Å². The molecule has 114 valence electrons. The molecular weight excluding hydrogens is 272 g/mol. The van der Waals surface area contributed by atoms with Crippen molar-refractivity contribution >= 4 is 11.7 Å². The third-order valence-corrected chi connectivity index (χ3v) is 3.43. The quantitative estimate of drug-likeness (QED) is 0.331. The van der Waals surface area contributed by atoms with E-state index in [9.17, 15) is 4.79 Å². The fourth-order valence-corrected chi connectivity index (χ4v) is 2.35. The first kappa shape index (κ1) is 15.2. The summed E-state index contributed by atoms with van der Waals surface area (Å²) in [5, 5.41) is 14.4. The van der Waals surface area contributed by atoms with Gasteiger partial charge in [-0.3, -0.25) is 9.78 Å². The fraction of sp³-hybridized carbons (Fsp3) is 0.500. The molecule has 7 heteroatoms. The second kappa shape index (κ2) is 6.09. The molecule has 0 spiro atoms. The van der Waals surface area contributed by atoms with Crippen molar-refractivity contribution < 1.29 is 14.7 Å². The van der Waals surface area contributed by atoms with Crippen molar-refractivity contribution in [2.24, 2.45) is 10.9 Å². The lowest BCUT2D eigenvalue weighted by Crippen LogP contribution is -2.46. The van der Waals surface area contributed by atoms with Crippen LogP contribution in [0.3, 0.4) is 0 Å². The van der Waals surface area contributed by atoms with Gasteiger partial charge in [-0.05, 0) is 38.8 Å². The molecule has 4 N–H and O–H groups in total. The molecule has 0 saturated carbocycles. The van der Waals surface area contributed by atoms with Crippen molar-refractivity contribution in [3.05, 3.63) is 29.6 Å². The maximum atomic E-state index is 12.1. The van der Waals surface area contributed by atoms with Gasteiger partial charge in [0.1, 0.15) is 5.69 Å². The number of pyridine rings is 1. The summed E-state index contributed by atoms with van der Waals surface area (Å²) in [5.74, 6) is -0.274. The zero-order valence-electron chi connectivity index (χ0n) is 12.2. The van der Waals surface area contributed by atoms with Crippen LogP contribution in [0.4, 0.5) is 0 Å². The van der Waals surface area contributed by atoms with Gasteiger partial charge in [0, 0.05) is 24.4 Å². The molecule has 1 unspecified atom stereocenters. The summed E-state index contributed by atoms with van der Waals surface area (Å²) in [5.41, 5.74) is 5.98. The molecule has 21 heavy (non-hydrogen) atoms. The SMILES string of the molecule is CC1(C)CC(NC(=O)c2ccc(/C(N)=N/O)cn2)CCO1. The normalized spacial score (nSPS) is 21.8. The number of oxime groups is 1. The molecule has 0 bridgehead atoms. The number of amides is 1. The summed E-state index contributed by atoms with van der Waals surface area (Å²) in [6, 6.07) is 3.21. The highest BCUT2D eigenvalue weighted by Gasteiger charge is 2.29. The number of rotatable bonds is 3. The van der Waals surface area contributed by atoms with Crippen LogP contribution in [0.2, 0.25) is 0 Å². The van der Waals surface area contributed by atoms with Crippen LogP contribution >= 0.6 is 0 Å².